The average molecular weight is 292 g/mol. The maximum absolute atomic E-state index is 12.0. The van der Waals surface area contributed by atoms with Crippen molar-refractivity contribution >= 4 is 5.91 Å². The molecule has 0 radical (unpaired) electrons. The van der Waals surface area contributed by atoms with Crippen LogP contribution in [-0.4, -0.2) is 11.1 Å². The Balaban J connectivity index is 1.64. The highest BCUT2D eigenvalue weighted by Crippen LogP contribution is 2.18. The van der Waals surface area contributed by atoms with E-state index in [2.05, 4.69) is 10.5 Å². The number of nitrogens with zero attached hydrogens (tertiary/aromatic N) is 1. The Morgan fingerprint density at radius 3 is 2.55 bits per heavy atom. The number of amides is 1. The fourth-order valence-corrected chi connectivity index (χ4v) is 2.12. The van der Waals surface area contributed by atoms with Gasteiger partial charge in [0.25, 0.3) is 5.91 Å². The minimum Gasteiger partial charge on any atom is -0.359 e. The van der Waals surface area contributed by atoms with Crippen LogP contribution in [-0.2, 0) is 6.54 Å². The highest BCUT2D eigenvalue weighted by atomic mass is 16.5. The van der Waals surface area contributed by atoms with Crippen LogP contribution in [0.2, 0.25) is 0 Å². The summed E-state index contributed by atoms with van der Waals surface area (Å²) in [4.78, 5) is 12.0. The second-order valence-electron chi connectivity index (χ2n) is 5.09. The first-order valence-electron chi connectivity index (χ1n) is 7.08. The zero-order valence-corrected chi connectivity index (χ0v) is 12.2. The summed E-state index contributed by atoms with van der Waals surface area (Å²) in [7, 11) is 0. The van der Waals surface area contributed by atoms with Gasteiger partial charge in [-0.25, -0.2) is 0 Å². The van der Waals surface area contributed by atoms with Crippen molar-refractivity contribution in [3.05, 3.63) is 77.6 Å². The van der Waals surface area contributed by atoms with E-state index < -0.39 is 0 Å². The molecule has 3 rings (SSSR count). The topological polar surface area (TPSA) is 55.1 Å². The van der Waals surface area contributed by atoms with Gasteiger partial charge in [-0.2, -0.15) is 0 Å². The van der Waals surface area contributed by atoms with Crippen molar-refractivity contribution < 1.29 is 9.32 Å². The second kappa shape index (κ2) is 6.26. The Bertz CT molecular complexity index is 761. The average Bonchev–Trinajstić information content (AvgIpc) is 3.03. The summed E-state index contributed by atoms with van der Waals surface area (Å²) in [5, 5.41) is 6.85. The predicted octanol–water partition coefficient (Wildman–Crippen LogP) is 3.58. The Morgan fingerprint density at radius 2 is 1.82 bits per heavy atom. The van der Waals surface area contributed by atoms with Crippen LogP contribution in [0.25, 0.3) is 11.3 Å². The van der Waals surface area contributed by atoms with Crippen LogP contribution in [0.4, 0.5) is 0 Å². The lowest BCUT2D eigenvalue weighted by atomic mass is 10.1. The molecule has 0 atom stereocenters. The number of rotatable bonds is 4. The largest absolute Gasteiger partial charge is 0.359 e. The van der Waals surface area contributed by atoms with Crippen LogP contribution in [0, 0.1) is 6.92 Å². The zero-order valence-electron chi connectivity index (χ0n) is 12.2. The molecule has 3 aromatic rings. The standard InChI is InChI=1S/C18H16N2O2/c1-13-7-9-15(10-8-13)18(21)19-12-16-11-17(20-22-16)14-5-3-2-4-6-14/h2-11H,12H2,1H3,(H,19,21). The van der Waals surface area contributed by atoms with Gasteiger partial charge in [0.1, 0.15) is 5.69 Å². The Morgan fingerprint density at radius 1 is 1.09 bits per heavy atom. The summed E-state index contributed by atoms with van der Waals surface area (Å²) in [5.74, 6) is 0.497. The molecule has 0 fully saturated rings. The van der Waals surface area contributed by atoms with Crippen LogP contribution < -0.4 is 5.32 Å². The molecule has 2 aromatic carbocycles. The van der Waals surface area contributed by atoms with Crippen molar-refractivity contribution in [2.45, 2.75) is 13.5 Å². The molecule has 1 amide bonds. The summed E-state index contributed by atoms with van der Waals surface area (Å²) in [5.41, 5.74) is 3.51. The molecule has 110 valence electrons. The highest BCUT2D eigenvalue weighted by Gasteiger charge is 2.09. The monoisotopic (exact) mass is 292 g/mol. The molecule has 1 heterocycles. The molecule has 0 aliphatic carbocycles. The number of aryl methyl sites for hydroxylation is 1. The van der Waals surface area contributed by atoms with E-state index in [0.717, 1.165) is 16.8 Å². The van der Waals surface area contributed by atoms with Crippen LogP contribution in [0.1, 0.15) is 21.7 Å². The number of nitrogens with one attached hydrogen (secondary N) is 1. The number of carbonyl (C=O) groups is 1. The second-order valence-corrected chi connectivity index (χ2v) is 5.09. The van der Waals surface area contributed by atoms with Crippen molar-refractivity contribution in [3.8, 4) is 11.3 Å². The maximum atomic E-state index is 12.0. The van der Waals surface area contributed by atoms with E-state index >= 15 is 0 Å². The third-order valence-corrected chi connectivity index (χ3v) is 3.37. The van der Waals surface area contributed by atoms with Gasteiger partial charge in [0, 0.05) is 17.2 Å². The van der Waals surface area contributed by atoms with Gasteiger partial charge < -0.3 is 9.84 Å². The molecule has 0 unspecified atom stereocenters. The van der Waals surface area contributed by atoms with E-state index in [1.54, 1.807) is 12.1 Å². The maximum Gasteiger partial charge on any atom is 0.251 e. The van der Waals surface area contributed by atoms with Crippen LogP contribution in [0.15, 0.2) is 65.2 Å². The molecule has 22 heavy (non-hydrogen) atoms. The quantitative estimate of drug-likeness (QED) is 0.799. The molecule has 0 saturated heterocycles. The molecule has 1 aromatic heterocycles. The Labute approximate surface area is 128 Å². The van der Waals surface area contributed by atoms with Crippen molar-refractivity contribution in [3.63, 3.8) is 0 Å². The first-order valence-corrected chi connectivity index (χ1v) is 7.08. The van der Waals surface area contributed by atoms with E-state index in [1.807, 2.05) is 55.5 Å². The van der Waals surface area contributed by atoms with Crippen LogP contribution in [0.3, 0.4) is 0 Å². The van der Waals surface area contributed by atoms with E-state index in [-0.39, 0.29) is 5.91 Å². The summed E-state index contributed by atoms with van der Waals surface area (Å²) in [6.45, 7) is 2.30. The minimum atomic E-state index is -0.127. The third-order valence-electron chi connectivity index (χ3n) is 3.37. The van der Waals surface area contributed by atoms with Crippen molar-refractivity contribution in [2.24, 2.45) is 0 Å². The van der Waals surface area contributed by atoms with E-state index in [1.165, 1.54) is 0 Å². The lowest BCUT2D eigenvalue weighted by Gasteiger charge is -2.02. The van der Waals surface area contributed by atoms with Gasteiger partial charge in [-0.05, 0) is 19.1 Å². The SMILES string of the molecule is Cc1ccc(C(=O)NCc2cc(-c3ccccc3)no2)cc1. The first kappa shape index (κ1) is 14.1. The number of aromatic nitrogens is 1. The molecule has 4 heteroatoms. The van der Waals surface area contributed by atoms with Crippen LogP contribution >= 0.6 is 0 Å². The van der Waals surface area contributed by atoms with Crippen molar-refractivity contribution in [1.82, 2.24) is 10.5 Å². The van der Waals surface area contributed by atoms with E-state index in [9.17, 15) is 4.79 Å². The molecule has 0 saturated carbocycles. The highest BCUT2D eigenvalue weighted by molar-refractivity contribution is 5.94. The number of carbonyl (C=O) groups excluding carboxylic acids is 1. The van der Waals surface area contributed by atoms with Gasteiger partial charge in [-0.15, -0.1) is 0 Å². The van der Waals surface area contributed by atoms with Crippen molar-refractivity contribution in [2.75, 3.05) is 0 Å². The summed E-state index contributed by atoms with van der Waals surface area (Å²) in [6.07, 6.45) is 0. The smallest absolute Gasteiger partial charge is 0.251 e. The van der Waals surface area contributed by atoms with Gasteiger partial charge in [-0.1, -0.05) is 53.2 Å². The molecular formula is C18H16N2O2. The normalized spacial score (nSPS) is 10.4. The molecule has 1 N–H and O–H groups in total. The molecular weight excluding hydrogens is 276 g/mol. The molecule has 0 aliphatic heterocycles. The molecule has 0 bridgehead atoms. The Kier molecular flexibility index (Phi) is 4.01. The third kappa shape index (κ3) is 3.23. The van der Waals surface area contributed by atoms with Gasteiger partial charge >= 0.3 is 0 Å². The Hall–Kier alpha value is -2.88. The van der Waals surface area contributed by atoms with Crippen LogP contribution in [0.5, 0.6) is 0 Å². The molecule has 4 nitrogen and oxygen atoms in total. The lowest BCUT2D eigenvalue weighted by Crippen LogP contribution is -2.22. The van der Waals surface area contributed by atoms with Gasteiger partial charge in [-0.3, -0.25) is 4.79 Å². The fraction of sp³-hybridized carbons (Fsp3) is 0.111. The first-order chi connectivity index (χ1) is 10.7. The summed E-state index contributed by atoms with van der Waals surface area (Å²) < 4.78 is 5.26. The van der Waals surface area contributed by atoms with Crippen molar-refractivity contribution in [1.29, 1.82) is 0 Å². The summed E-state index contributed by atoms with van der Waals surface area (Å²) in [6, 6.07) is 19.1. The zero-order chi connectivity index (χ0) is 15.4. The van der Waals surface area contributed by atoms with Gasteiger partial charge in [0.2, 0.25) is 0 Å². The number of hydrogen-bond donors (Lipinski definition) is 1. The predicted molar refractivity (Wildman–Crippen MR) is 84.3 cm³/mol. The molecule has 0 spiro atoms. The number of hydrogen-bond acceptors (Lipinski definition) is 3. The number of benzene rings is 2. The van der Waals surface area contributed by atoms with Gasteiger partial charge in [0.15, 0.2) is 5.76 Å². The minimum absolute atomic E-state index is 0.127. The van der Waals surface area contributed by atoms with Gasteiger partial charge in [0.05, 0.1) is 6.54 Å². The summed E-state index contributed by atoms with van der Waals surface area (Å²) >= 11 is 0. The lowest BCUT2D eigenvalue weighted by molar-refractivity contribution is 0.0947. The fourth-order valence-electron chi connectivity index (χ4n) is 2.12. The van der Waals surface area contributed by atoms with E-state index in [0.29, 0.717) is 17.9 Å². The molecule has 0 aliphatic rings. The van der Waals surface area contributed by atoms with E-state index in [4.69, 9.17) is 4.52 Å².